The minimum atomic E-state index is -0.588. The van der Waals surface area contributed by atoms with Crippen molar-refractivity contribution in [3.8, 4) is 5.75 Å². The summed E-state index contributed by atoms with van der Waals surface area (Å²) in [5.41, 5.74) is 3.94. The number of benzene rings is 4. The Morgan fingerprint density at radius 1 is 0.700 bits per heavy atom. The molecule has 0 bridgehead atoms. The van der Waals surface area contributed by atoms with Crippen LogP contribution in [0.25, 0.3) is 0 Å². The van der Waals surface area contributed by atoms with E-state index >= 15 is 0 Å². The molecule has 4 rings (SSSR count). The van der Waals surface area contributed by atoms with Crippen LogP contribution in [0.2, 0.25) is 0 Å². The second-order valence-electron chi connectivity index (χ2n) is 12.4. The van der Waals surface area contributed by atoms with Crippen LogP contribution < -0.4 is 4.74 Å². The molecule has 0 aromatic heterocycles. The number of ketones is 1. The maximum Gasteiger partial charge on any atom is 0.183 e. The number of carbonyl (C=O) groups excluding carboxylic acids is 2. The molecule has 0 spiro atoms. The third-order valence-electron chi connectivity index (χ3n) is 9.21. The average Bonchev–Trinajstić information content (AvgIpc) is 3.16. The van der Waals surface area contributed by atoms with Gasteiger partial charge in [-0.15, -0.1) is 11.8 Å². The third kappa shape index (κ3) is 11.6. The molecule has 0 fully saturated rings. The van der Waals surface area contributed by atoms with Gasteiger partial charge in [-0.2, -0.15) is 0 Å². The summed E-state index contributed by atoms with van der Waals surface area (Å²) in [4.78, 5) is 26.9. The minimum Gasteiger partial charge on any atom is -0.491 e. The average molecular weight is 701 g/mol. The van der Waals surface area contributed by atoms with E-state index < -0.39 is 5.54 Å². The molecule has 0 aliphatic heterocycles. The Morgan fingerprint density at radius 3 is 1.68 bits per heavy atom. The Hall–Kier alpha value is -3.79. The monoisotopic (exact) mass is 700 g/mol. The molecule has 270 valence electrons. The first-order chi connectivity index (χ1) is 24.1. The molecule has 2 unspecified atom stereocenters. The Morgan fingerprint density at radius 2 is 1.24 bits per heavy atom. The van der Waals surface area contributed by atoms with Gasteiger partial charge in [-0.25, -0.2) is 0 Å². The van der Waals surface area contributed by atoms with Crippen LogP contribution in [0.1, 0.15) is 53.7 Å². The number of likely N-dealkylation sites (N-methyl/N-ethyl adjacent to an activating group) is 2. The van der Waals surface area contributed by atoms with Gasteiger partial charge in [0.25, 0.3) is 0 Å². The highest BCUT2D eigenvalue weighted by atomic mass is 32.2. The van der Waals surface area contributed by atoms with Gasteiger partial charge in [-0.05, 0) is 107 Å². The fourth-order valence-electron chi connectivity index (χ4n) is 6.23. The molecule has 0 saturated heterocycles. The van der Waals surface area contributed by atoms with Crippen LogP contribution in [0.15, 0.2) is 114 Å². The summed E-state index contributed by atoms with van der Waals surface area (Å²) in [5.74, 6) is 1.51. The Labute approximate surface area is 304 Å². The van der Waals surface area contributed by atoms with Crippen LogP contribution >= 0.6 is 11.8 Å². The van der Waals surface area contributed by atoms with Crippen LogP contribution in [-0.2, 0) is 23.2 Å². The molecular weight excluding hydrogens is 645 g/mol. The van der Waals surface area contributed by atoms with E-state index in [-0.39, 0.29) is 31.1 Å². The number of hydrogen-bond donors (Lipinski definition) is 2. The standard InChI is InChI=1S/C21H27NO3.C20H27NOS.CH2O/c1-4-21(22(2)3,16-17-8-6-5-7-9-17)20(24)18-10-12-19(13-11-18)25-15-14-23;1-4-20(21(2)3,16-17-8-6-5-7-9-17)18-10-12-19(13-11-18)23-15-14-22;1-2/h5-13,23H,4,14-16H2,1-3H3;5-13,22H,4,14-16H2,1-3H3;1H2. The largest absolute Gasteiger partial charge is 0.491 e. The van der Waals surface area contributed by atoms with Crippen molar-refractivity contribution >= 4 is 24.3 Å². The van der Waals surface area contributed by atoms with Gasteiger partial charge in [0.2, 0.25) is 0 Å². The first kappa shape index (κ1) is 42.4. The predicted molar refractivity (Wildman–Crippen MR) is 207 cm³/mol. The molecule has 4 aromatic rings. The van der Waals surface area contributed by atoms with Crippen molar-refractivity contribution < 1.29 is 24.5 Å². The summed E-state index contributed by atoms with van der Waals surface area (Å²) in [6.07, 6.45) is 3.44. The number of aliphatic hydroxyl groups is 2. The number of nitrogens with zero attached hydrogens (tertiary/aromatic N) is 2. The number of thioether (sulfide) groups is 1. The summed E-state index contributed by atoms with van der Waals surface area (Å²) >= 11 is 1.70. The van der Waals surface area contributed by atoms with E-state index in [2.05, 4.69) is 99.6 Å². The normalized spacial score (nSPS) is 13.2. The summed E-state index contributed by atoms with van der Waals surface area (Å²) in [6, 6.07) is 36.8. The molecular formula is C42H56N2O5S. The van der Waals surface area contributed by atoms with Crippen molar-refractivity contribution in [1.29, 1.82) is 0 Å². The van der Waals surface area contributed by atoms with Gasteiger partial charge in [-0.3, -0.25) is 14.6 Å². The summed E-state index contributed by atoms with van der Waals surface area (Å²) in [6.45, 7) is 6.75. The highest BCUT2D eigenvalue weighted by Gasteiger charge is 2.39. The highest BCUT2D eigenvalue weighted by Crippen LogP contribution is 2.35. The SMILES string of the molecule is C=O.CCC(Cc1ccccc1)(C(=O)c1ccc(OCCO)cc1)N(C)C.CCC(Cc1ccccc1)(c1ccc(SCCO)cc1)N(C)C. The van der Waals surface area contributed by atoms with Gasteiger partial charge in [0, 0.05) is 21.8 Å². The zero-order valence-electron chi connectivity index (χ0n) is 30.7. The van der Waals surface area contributed by atoms with E-state index in [0.29, 0.717) is 17.7 Å². The molecule has 0 saturated carbocycles. The van der Waals surface area contributed by atoms with Gasteiger partial charge in [-0.1, -0.05) is 86.6 Å². The van der Waals surface area contributed by atoms with E-state index in [4.69, 9.17) is 19.7 Å². The summed E-state index contributed by atoms with van der Waals surface area (Å²) in [7, 11) is 8.26. The van der Waals surface area contributed by atoms with Crippen molar-refractivity contribution in [3.63, 3.8) is 0 Å². The lowest BCUT2D eigenvalue weighted by atomic mass is 9.80. The lowest BCUT2D eigenvalue weighted by molar-refractivity contribution is -0.0980. The number of Topliss-reactive ketones (excluding diaryl/α,β-unsaturated/α-hetero) is 1. The second-order valence-corrected chi connectivity index (χ2v) is 13.6. The molecule has 0 heterocycles. The Balaban J connectivity index is 0.000000331. The second kappa shape index (κ2) is 22.1. The van der Waals surface area contributed by atoms with Gasteiger partial charge >= 0.3 is 0 Å². The topological polar surface area (TPSA) is 90.3 Å². The maximum atomic E-state index is 13.3. The van der Waals surface area contributed by atoms with Gasteiger partial charge in [0.05, 0.1) is 18.8 Å². The van der Waals surface area contributed by atoms with Crippen LogP contribution in [0.3, 0.4) is 0 Å². The molecule has 0 aliphatic rings. The quantitative estimate of drug-likeness (QED) is 0.0885. The number of ether oxygens (including phenoxy) is 1. The predicted octanol–water partition coefficient (Wildman–Crippen LogP) is 7.19. The minimum absolute atomic E-state index is 0.00152. The van der Waals surface area contributed by atoms with Gasteiger partial charge in [0.15, 0.2) is 5.78 Å². The molecule has 0 aliphatic carbocycles. The van der Waals surface area contributed by atoms with Crippen LogP contribution in [0, 0.1) is 0 Å². The number of carbonyl (C=O) groups is 2. The molecule has 0 radical (unpaired) electrons. The molecule has 2 atom stereocenters. The summed E-state index contributed by atoms with van der Waals surface area (Å²) in [5, 5.41) is 17.8. The molecule has 50 heavy (non-hydrogen) atoms. The van der Waals surface area contributed by atoms with Crippen LogP contribution in [0.5, 0.6) is 5.75 Å². The van der Waals surface area contributed by atoms with Crippen molar-refractivity contribution in [2.75, 3.05) is 53.8 Å². The van der Waals surface area contributed by atoms with E-state index in [0.717, 1.165) is 30.6 Å². The number of aliphatic hydroxyl groups excluding tert-OH is 2. The fraction of sp³-hybridized carbons (Fsp3) is 0.381. The molecule has 8 heteroatoms. The van der Waals surface area contributed by atoms with Crippen molar-refractivity contribution in [3.05, 3.63) is 131 Å². The van der Waals surface area contributed by atoms with Gasteiger partial charge < -0.3 is 19.7 Å². The zero-order valence-corrected chi connectivity index (χ0v) is 31.5. The lowest BCUT2D eigenvalue weighted by Gasteiger charge is -2.40. The van der Waals surface area contributed by atoms with Crippen molar-refractivity contribution in [1.82, 2.24) is 9.80 Å². The van der Waals surface area contributed by atoms with Crippen molar-refractivity contribution in [2.24, 2.45) is 0 Å². The molecule has 2 N–H and O–H groups in total. The smallest absolute Gasteiger partial charge is 0.183 e. The number of rotatable bonds is 17. The lowest BCUT2D eigenvalue weighted by Crippen LogP contribution is -2.52. The highest BCUT2D eigenvalue weighted by molar-refractivity contribution is 7.99. The van der Waals surface area contributed by atoms with Crippen molar-refractivity contribution in [2.45, 2.75) is 55.5 Å². The first-order valence-electron chi connectivity index (χ1n) is 17.1. The van der Waals surface area contributed by atoms with Crippen LogP contribution in [-0.4, -0.2) is 91.9 Å². The van der Waals surface area contributed by atoms with E-state index in [1.54, 1.807) is 36.0 Å². The molecule has 7 nitrogen and oxygen atoms in total. The van der Waals surface area contributed by atoms with E-state index in [9.17, 15) is 4.79 Å². The van der Waals surface area contributed by atoms with E-state index in [1.807, 2.05) is 44.0 Å². The molecule has 4 aromatic carbocycles. The van der Waals surface area contributed by atoms with Gasteiger partial charge in [0.1, 0.15) is 19.1 Å². The zero-order chi connectivity index (χ0) is 37.0. The number of hydrogen-bond acceptors (Lipinski definition) is 8. The van der Waals surface area contributed by atoms with Crippen LogP contribution in [0.4, 0.5) is 0 Å². The maximum absolute atomic E-state index is 13.3. The summed E-state index contributed by atoms with van der Waals surface area (Å²) < 4.78 is 5.37. The van der Waals surface area contributed by atoms with E-state index in [1.165, 1.54) is 16.0 Å². The Kier molecular flexibility index (Phi) is 18.7. The Bertz CT molecular complexity index is 1500. The first-order valence-corrected chi connectivity index (χ1v) is 18.1. The fourth-order valence-corrected chi connectivity index (χ4v) is 6.89. The third-order valence-corrected chi connectivity index (χ3v) is 10.2. The molecule has 0 amide bonds.